The number of methoxy groups -OCH3 is 1. The molecular weight excluding hydrogens is 301 g/mol. The molecule has 0 amide bonds. The summed E-state index contributed by atoms with van der Waals surface area (Å²) < 4.78 is 49.5. The third kappa shape index (κ3) is 2.70. The number of ketones is 2. The number of rotatable bonds is 3. The molecule has 0 spiro atoms. The number of Topliss-reactive ketones (excluding diaryl/α,β-unsaturated/α-hetero) is 2. The molecule has 0 radical (unpaired) electrons. The van der Waals surface area contributed by atoms with Crippen LogP contribution in [0.2, 0.25) is 0 Å². The minimum absolute atomic E-state index is 0.130. The molecule has 1 aromatic carbocycles. The summed E-state index contributed by atoms with van der Waals surface area (Å²) in [6, 6.07) is 3.77. The molecule has 0 bridgehead atoms. The van der Waals surface area contributed by atoms with Gasteiger partial charge in [0, 0.05) is 11.1 Å². The van der Waals surface area contributed by atoms with Crippen LogP contribution < -0.4 is 4.74 Å². The zero-order valence-electron chi connectivity index (χ0n) is 12.1. The van der Waals surface area contributed by atoms with Crippen molar-refractivity contribution in [2.75, 3.05) is 7.11 Å². The number of alkyl halides is 3. The first-order valence-electron chi connectivity index (χ1n) is 6.42. The molecular formula is C15H13F3O4. The van der Waals surface area contributed by atoms with Gasteiger partial charge in [-0.25, -0.2) is 0 Å². The SMILES string of the molecule is COc1ccc2c(c1)C(=O)C(C(F)(F)F)=C(OC(C)C)C2=O. The van der Waals surface area contributed by atoms with E-state index in [0.29, 0.717) is 0 Å². The second-order valence-electron chi connectivity index (χ2n) is 4.94. The highest BCUT2D eigenvalue weighted by atomic mass is 19.4. The Kier molecular flexibility index (Phi) is 4.00. The summed E-state index contributed by atoms with van der Waals surface area (Å²) >= 11 is 0. The van der Waals surface area contributed by atoms with Gasteiger partial charge in [-0.3, -0.25) is 9.59 Å². The van der Waals surface area contributed by atoms with Crippen molar-refractivity contribution in [1.29, 1.82) is 0 Å². The molecule has 0 atom stereocenters. The maximum absolute atomic E-state index is 13.2. The zero-order valence-corrected chi connectivity index (χ0v) is 12.1. The van der Waals surface area contributed by atoms with Crippen molar-refractivity contribution in [2.45, 2.75) is 26.1 Å². The van der Waals surface area contributed by atoms with Gasteiger partial charge in [0.2, 0.25) is 11.6 Å². The second-order valence-corrected chi connectivity index (χ2v) is 4.94. The van der Waals surface area contributed by atoms with Gasteiger partial charge in [0.05, 0.1) is 13.2 Å². The van der Waals surface area contributed by atoms with Crippen molar-refractivity contribution >= 4 is 11.6 Å². The fraction of sp³-hybridized carbons (Fsp3) is 0.333. The van der Waals surface area contributed by atoms with E-state index in [1.807, 2.05) is 0 Å². The molecule has 22 heavy (non-hydrogen) atoms. The van der Waals surface area contributed by atoms with Crippen LogP contribution in [0.3, 0.4) is 0 Å². The zero-order chi connectivity index (χ0) is 16.7. The van der Waals surface area contributed by atoms with Crippen LogP contribution in [0.25, 0.3) is 0 Å². The number of benzene rings is 1. The number of hydrogen-bond donors (Lipinski definition) is 0. The van der Waals surface area contributed by atoms with Gasteiger partial charge in [0.25, 0.3) is 0 Å². The van der Waals surface area contributed by atoms with Crippen LogP contribution in [-0.4, -0.2) is 31.0 Å². The van der Waals surface area contributed by atoms with E-state index >= 15 is 0 Å². The average Bonchev–Trinajstić information content (AvgIpc) is 2.42. The standard InChI is InChI=1S/C15H13F3O4/c1-7(2)22-14-11(15(16,17)18)12(19)10-6-8(21-3)4-5-9(10)13(14)20/h4-7H,1-3H3. The quantitative estimate of drug-likeness (QED) is 0.859. The van der Waals surface area contributed by atoms with Crippen molar-refractivity contribution in [1.82, 2.24) is 0 Å². The highest BCUT2D eigenvalue weighted by Crippen LogP contribution is 2.38. The third-order valence-corrected chi connectivity index (χ3v) is 3.01. The molecule has 118 valence electrons. The van der Waals surface area contributed by atoms with Crippen molar-refractivity contribution in [3.05, 3.63) is 40.7 Å². The number of carbonyl (C=O) groups excluding carboxylic acids is 2. The smallest absolute Gasteiger partial charge is 0.423 e. The second kappa shape index (κ2) is 5.47. The molecule has 1 aliphatic carbocycles. The van der Waals surface area contributed by atoms with E-state index < -0.39 is 35.2 Å². The first-order valence-corrected chi connectivity index (χ1v) is 6.42. The van der Waals surface area contributed by atoms with Gasteiger partial charge in [-0.15, -0.1) is 0 Å². The normalized spacial score (nSPS) is 15.2. The van der Waals surface area contributed by atoms with Crippen LogP contribution in [0.4, 0.5) is 13.2 Å². The first kappa shape index (κ1) is 16.1. The molecule has 7 heteroatoms. The predicted molar refractivity (Wildman–Crippen MR) is 71.0 cm³/mol. The summed E-state index contributed by atoms with van der Waals surface area (Å²) in [7, 11) is 1.31. The Morgan fingerprint density at radius 2 is 1.68 bits per heavy atom. The van der Waals surface area contributed by atoms with Gasteiger partial charge < -0.3 is 9.47 Å². The first-order chi connectivity index (χ1) is 10.2. The topological polar surface area (TPSA) is 52.6 Å². The molecule has 0 saturated heterocycles. The lowest BCUT2D eigenvalue weighted by atomic mass is 9.87. The Hall–Kier alpha value is -2.31. The fourth-order valence-electron chi connectivity index (χ4n) is 2.12. The summed E-state index contributed by atoms with van der Waals surface area (Å²) in [4.78, 5) is 24.5. The van der Waals surface area contributed by atoms with Crippen molar-refractivity contribution < 1.29 is 32.2 Å². The number of hydrogen-bond acceptors (Lipinski definition) is 4. The van der Waals surface area contributed by atoms with E-state index in [4.69, 9.17) is 9.47 Å². The van der Waals surface area contributed by atoms with E-state index in [0.717, 1.165) is 6.07 Å². The van der Waals surface area contributed by atoms with E-state index in [1.165, 1.54) is 33.1 Å². The van der Waals surface area contributed by atoms with Crippen molar-refractivity contribution in [3.63, 3.8) is 0 Å². The highest BCUT2D eigenvalue weighted by Gasteiger charge is 2.48. The Morgan fingerprint density at radius 3 is 2.18 bits per heavy atom. The van der Waals surface area contributed by atoms with E-state index in [9.17, 15) is 22.8 Å². The van der Waals surface area contributed by atoms with Crippen LogP contribution in [-0.2, 0) is 4.74 Å². The number of fused-ring (bicyclic) bond motifs is 1. The lowest BCUT2D eigenvalue weighted by Crippen LogP contribution is -2.32. The molecule has 0 saturated carbocycles. The molecule has 1 aliphatic rings. The van der Waals surface area contributed by atoms with Crippen LogP contribution in [0.15, 0.2) is 29.5 Å². The lowest BCUT2D eigenvalue weighted by Gasteiger charge is -2.24. The lowest BCUT2D eigenvalue weighted by molar-refractivity contribution is -0.0927. The maximum atomic E-state index is 13.2. The highest BCUT2D eigenvalue weighted by molar-refractivity contribution is 6.26. The van der Waals surface area contributed by atoms with Crippen LogP contribution in [0.1, 0.15) is 34.6 Å². The van der Waals surface area contributed by atoms with Crippen molar-refractivity contribution in [3.8, 4) is 5.75 Å². The number of carbonyl (C=O) groups is 2. The largest absolute Gasteiger partial charge is 0.497 e. The van der Waals surface area contributed by atoms with E-state index in [2.05, 4.69) is 0 Å². The predicted octanol–water partition coefficient (Wildman–Crippen LogP) is 3.32. The minimum atomic E-state index is -4.99. The molecule has 0 heterocycles. The monoisotopic (exact) mass is 314 g/mol. The average molecular weight is 314 g/mol. The molecule has 2 rings (SSSR count). The van der Waals surface area contributed by atoms with Crippen LogP contribution >= 0.6 is 0 Å². The summed E-state index contributed by atoms with van der Waals surface area (Å²) in [5.41, 5.74) is -2.05. The van der Waals surface area contributed by atoms with Gasteiger partial charge in [0.1, 0.15) is 11.3 Å². The van der Waals surface area contributed by atoms with Crippen LogP contribution in [0, 0.1) is 0 Å². The molecule has 1 aromatic rings. The van der Waals surface area contributed by atoms with E-state index in [1.54, 1.807) is 0 Å². The minimum Gasteiger partial charge on any atom is -0.497 e. The van der Waals surface area contributed by atoms with Gasteiger partial charge in [-0.2, -0.15) is 13.2 Å². The molecule has 0 unspecified atom stereocenters. The summed E-state index contributed by atoms with van der Waals surface area (Å²) in [5.74, 6) is -3.02. The molecule has 0 N–H and O–H groups in total. The Morgan fingerprint density at radius 1 is 1.05 bits per heavy atom. The summed E-state index contributed by atoms with van der Waals surface area (Å²) in [6.07, 6.45) is -5.67. The van der Waals surface area contributed by atoms with Gasteiger partial charge in [-0.05, 0) is 32.0 Å². The summed E-state index contributed by atoms with van der Waals surface area (Å²) in [5, 5.41) is 0. The Balaban J connectivity index is 2.69. The molecule has 0 aliphatic heterocycles. The maximum Gasteiger partial charge on any atom is 0.423 e. The number of halogens is 3. The van der Waals surface area contributed by atoms with Gasteiger partial charge >= 0.3 is 6.18 Å². The molecule has 0 fully saturated rings. The van der Waals surface area contributed by atoms with Gasteiger partial charge in [0.15, 0.2) is 5.76 Å². The van der Waals surface area contributed by atoms with Gasteiger partial charge in [-0.1, -0.05) is 0 Å². The molecule has 4 nitrogen and oxygen atoms in total. The number of allylic oxidation sites excluding steroid dienone is 2. The van der Waals surface area contributed by atoms with Crippen LogP contribution in [0.5, 0.6) is 5.75 Å². The Labute approximate surface area is 124 Å². The fourth-order valence-corrected chi connectivity index (χ4v) is 2.12. The Bertz CT molecular complexity index is 672. The van der Waals surface area contributed by atoms with Crippen molar-refractivity contribution in [2.24, 2.45) is 0 Å². The molecule has 0 aromatic heterocycles. The van der Waals surface area contributed by atoms with E-state index in [-0.39, 0.29) is 16.9 Å². The third-order valence-electron chi connectivity index (χ3n) is 3.01. The summed E-state index contributed by atoms with van der Waals surface area (Å²) in [6.45, 7) is 2.95. The number of ether oxygens (including phenoxy) is 2.